The molecule has 0 saturated carbocycles. The van der Waals surface area contributed by atoms with Crippen molar-refractivity contribution >= 4 is 33.2 Å². The molecule has 0 amide bonds. The van der Waals surface area contributed by atoms with Gasteiger partial charge in [0.25, 0.3) is 0 Å². The molecule has 1 aromatic carbocycles. The van der Waals surface area contributed by atoms with Crippen molar-refractivity contribution in [2.75, 3.05) is 31.7 Å². The second-order valence-corrected chi connectivity index (χ2v) is 6.75. The van der Waals surface area contributed by atoms with Crippen molar-refractivity contribution in [1.29, 1.82) is 0 Å². The molecule has 0 spiro atoms. The Hall–Kier alpha value is -0.290. The predicted octanol–water partition coefficient (Wildman–Crippen LogP) is 3.46. The molecule has 1 aromatic rings. The summed E-state index contributed by atoms with van der Waals surface area (Å²) in [7, 11) is 1.74. The highest BCUT2D eigenvalue weighted by Gasteiger charge is 2.34. The smallest absolute Gasteiger partial charge is 0.0713 e. The van der Waals surface area contributed by atoms with Crippen molar-refractivity contribution in [2.24, 2.45) is 5.41 Å². The van der Waals surface area contributed by atoms with Crippen LogP contribution in [0.2, 0.25) is 5.02 Å². The maximum Gasteiger partial charge on any atom is 0.0713 e. The number of nitrogens with zero attached hydrogens (tertiary/aromatic N) is 1. The number of methoxy groups -OCH3 is 1. The summed E-state index contributed by atoms with van der Waals surface area (Å²) in [5, 5.41) is 10.2. The van der Waals surface area contributed by atoms with Crippen LogP contribution < -0.4 is 4.90 Å². The van der Waals surface area contributed by atoms with Gasteiger partial charge >= 0.3 is 0 Å². The molecule has 1 unspecified atom stereocenters. The van der Waals surface area contributed by atoms with E-state index in [1.807, 2.05) is 12.1 Å². The number of halogens is 2. The van der Waals surface area contributed by atoms with Gasteiger partial charge in [0.1, 0.15) is 0 Å². The summed E-state index contributed by atoms with van der Waals surface area (Å²) < 4.78 is 6.16. The monoisotopic (exact) mass is 347 g/mol. The predicted molar refractivity (Wildman–Crippen MR) is 81.9 cm³/mol. The van der Waals surface area contributed by atoms with Gasteiger partial charge in [-0.25, -0.2) is 0 Å². The third-order valence-corrected chi connectivity index (χ3v) is 4.61. The van der Waals surface area contributed by atoms with E-state index >= 15 is 0 Å². The third kappa shape index (κ3) is 3.24. The first kappa shape index (κ1) is 15.1. The van der Waals surface area contributed by atoms with Gasteiger partial charge in [0, 0.05) is 46.4 Å². The lowest BCUT2D eigenvalue weighted by Crippen LogP contribution is -2.28. The summed E-state index contributed by atoms with van der Waals surface area (Å²) >= 11 is 9.60. The van der Waals surface area contributed by atoms with Gasteiger partial charge in [-0.2, -0.15) is 0 Å². The van der Waals surface area contributed by atoms with Gasteiger partial charge in [0.15, 0.2) is 0 Å². The van der Waals surface area contributed by atoms with E-state index in [2.05, 4.69) is 27.8 Å². The van der Waals surface area contributed by atoms with E-state index in [1.54, 1.807) is 7.11 Å². The van der Waals surface area contributed by atoms with E-state index < -0.39 is 0 Å². The zero-order chi connectivity index (χ0) is 14.0. The van der Waals surface area contributed by atoms with E-state index in [1.165, 1.54) is 0 Å². The number of hydrogen-bond acceptors (Lipinski definition) is 3. The number of hydrogen-bond donors (Lipinski definition) is 1. The van der Waals surface area contributed by atoms with E-state index in [0.29, 0.717) is 5.02 Å². The van der Waals surface area contributed by atoms with Crippen LogP contribution in [0.15, 0.2) is 16.6 Å². The van der Waals surface area contributed by atoms with Crippen LogP contribution in [0.5, 0.6) is 0 Å². The van der Waals surface area contributed by atoms with E-state index in [-0.39, 0.29) is 12.0 Å². The van der Waals surface area contributed by atoms with Gasteiger partial charge in [-0.1, -0.05) is 34.5 Å². The second-order valence-electron chi connectivity index (χ2n) is 5.46. The Labute approximate surface area is 127 Å². The highest BCUT2D eigenvalue weighted by atomic mass is 79.9. The highest BCUT2D eigenvalue weighted by molar-refractivity contribution is 9.10. The second kappa shape index (κ2) is 6.00. The van der Waals surface area contributed by atoms with Crippen LogP contribution in [0.4, 0.5) is 5.69 Å². The Morgan fingerprint density at radius 1 is 1.53 bits per heavy atom. The summed E-state index contributed by atoms with van der Waals surface area (Å²) in [6.45, 7) is 4.86. The fourth-order valence-electron chi connectivity index (χ4n) is 2.72. The Bertz CT molecular complexity index is 469. The van der Waals surface area contributed by atoms with Gasteiger partial charge in [0.05, 0.1) is 13.2 Å². The quantitative estimate of drug-likeness (QED) is 0.904. The molecule has 3 nitrogen and oxygen atoms in total. The van der Waals surface area contributed by atoms with Gasteiger partial charge in [-0.3, -0.25) is 0 Å². The summed E-state index contributed by atoms with van der Waals surface area (Å²) in [6.07, 6.45) is 1.08. The molecule has 0 radical (unpaired) electrons. The normalized spacial score (nSPS) is 23.1. The minimum Gasteiger partial charge on any atom is -0.392 e. The molecule has 0 bridgehead atoms. The number of rotatable bonds is 4. The molecular weight excluding hydrogens is 330 g/mol. The minimum absolute atomic E-state index is 0.00454. The lowest BCUT2D eigenvalue weighted by Gasteiger charge is -2.26. The van der Waals surface area contributed by atoms with Crippen LogP contribution in [0.25, 0.3) is 0 Å². The van der Waals surface area contributed by atoms with Crippen LogP contribution in [0.1, 0.15) is 18.9 Å². The van der Waals surface area contributed by atoms with E-state index in [9.17, 15) is 5.11 Å². The Kier molecular flexibility index (Phi) is 4.77. The number of benzene rings is 1. The van der Waals surface area contributed by atoms with Crippen LogP contribution >= 0.6 is 27.5 Å². The van der Waals surface area contributed by atoms with Crippen molar-refractivity contribution in [3.63, 3.8) is 0 Å². The SMILES string of the molecule is COCC1(C)CCN(c2cc(Cl)cc(Br)c2CO)C1. The summed E-state index contributed by atoms with van der Waals surface area (Å²) in [6, 6.07) is 3.75. The van der Waals surface area contributed by atoms with Crippen molar-refractivity contribution in [3.05, 3.63) is 27.2 Å². The first-order chi connectivity index (χ1) is 8.99. The van der Waals surface area contributed by atoms with Crippen LogP contribution in [-0.2, 0) is 11.3 Å². The fraction of sp³-hybridized carbons (Fsp3) is 0.571. The zero-order valence-corrected chi connectivity index (χ0v) is 13.6. The maximum atomic E-state index is 9.56. The zero-order valence-electron chi connectivity index (χ0n) is 11.2. The fourth-order valence-corrected chi connectivity index (χ4v) is 3.64. The molecule has 2 rings (SSSR count). The summed E-state index contributed by atoms with van der Waals surface area (Å²) in [5.41, 5.74) is 2.07. The lowest BCUT2D eigenvalue weighted by atomic mass is 9.91. The first-order valence-corrected chi connectivity index (χ1v) is 7.49. The molecule has 1 atom stereocenters. The molecule has 0 aliphatic carbocycles. The summed E-state index contributed by atoms with van der Waals surface area (Å²) in [4.78, 5) is 2.28. The molecule has 1 N–H and O–H groups in total. The van der Waals surface area contributed by atoms with E-state index in [4.69, 9.17) is 16.3 Å². The van der Waals surface area contributed by atoms with Crippen LogP contribution in [0.3, 0.4) is 0 Å². The molecule has 1 aliphatic heterocycles. The molecule has 5 heteroatoms. The maximum absolute atomic E-state index is 9.56. The molecule has 1 saturated heterocycles. The van der Waals surface area contributed by atoms with Crippen LogP contribution in [0, 0.1) is 5.41 Å². The van der Waals surface area contributed by atoms with E-state index in [0.717, 1.165) is 41.8 Å². The third-order valence-electron chi connectivity index (χ3n) is 3.69. The largest absolute Gasteiger partial charge is 0.392 e. The molecule has 1 fully saturated rings. The molecule has 19 heavy (non-hydrogen) atoms. The number of aliphatic hydroxyl groups excluding tert-OH is 1. The average molecular weight is 349 g/mol. The van der Waals surface area contributed by atoms with Crippen molar-refractivity contribution in [2.45, 2.75) is 20.0 Å². The average Bonchev–Trinajstić information content (AvgIpc) is 2.71. The molecule has 1 heterocycles. The van der Waals surface area contributed by atoms with Gasteiger partial charge in [-0.15, -0.1) is 0 Å². The molecular formula is C14H19BrClNO2. The number of ether oxygens (including phenoxy) is 1. The lowest BCUT2D eigenvalue weighted by molar-refractivity contribution is 0.106. The van der Waals surface area contributed by atoms with Crippen molar-refractivity contribution in [3.8, 4) is 0 Å². The standard InChI is InChI=1S/C14H19BrClNO2/c1-14(9-19-2)3-4-17(8-14)13-6-10(16)5-12(15)11(13)7-18/h5-6,18H,3-4,7-9H2,1-2H3. The first-order valence-electron chi connectivity index (χ1n) is 6.32. The van der Waals surface area contributed by atoms with Crippen molar-refractivity contribution in [1.82, 2.24) is 0 Å². The summed E-state index contributed by atoms with van der Waals surface area (Å²) in [5.74, 6) is 0. The number of aliphatic hydroxyl groups is 1. The topological polar surface area (TPSA) is 32.7 Å². The number of anilines is 1. The Balaban J connectivity index is 2.28. The van der Waals surface area contributed by atoms with Crippen LogP contribution in [-0.4, -0.2) is 31.9 Å². The Morgan fingerprint density at radius 2 is 2.26 bits per heavy atom. The van der Waals surface area contributed by atoms with Gasteiger partial charge < -0.3 is 14.7 Å². The van der Waals surface area contributed by atoms with Gasteiger partial charge in [-0.05, 0) is 18.6 Å². The van der Waals surface area contributed by atoms with Gasteiger partial charge in [0.2, 0.25) is 0 Å². The van der Waals surface area contributed by atoms with Crippen molar-refractivity contribution < 1.29 is 9.84 Å². The molecule has 0 aromatic heterocycles. The Morgan fingerprint density at radius 3 is 2.89 bits per heavy atom. The molecule has 106 valence electrons. The molecule has 1 aliphatic rings. The minimum atomic E-state index is 0.00454. The highest BCUT2D eigenvalue weighted by Crippen LogP contribution is 2.38.